The number of ether oxygens (including phenoxy) is 1. The van der Waals surface area contributed by atoms with Crippen molar-refractivity contribution >= 4 is 32.6 Å². The first kappa shape index (κ1) is 19.5. The first-order valence-electron chi connectivity index (χ1n) is 9.56. The predicted molar refractivity (Wildman–Crippen MR) is 110 cm³/mol. The number of sulfonamides is 1. The molecule has 2 aromatic carbocycles. The topological polar surface area (TPSA) is 88.8 Å². The van der Waals surface area contributed by atoms with Gasteiger partial charge in [0.05, 0.1) is 6.61 Å². The summed E-state index contributed by atoms with van der Waals surface area (Å²) in [5.41, 5.74) is 0.971. The van der Waals surface area contributed by atoms with Crippen LogP contribution >= 0.6 is 0 Å². The number of hydrogen-bond acceptors (Lipinski definition) is 5. The van der Waals surface area contributed by atoms with Crippen molar-refractivity contribution in [1.29, 1.82) is 0 Å². The Kier molecular flexibility index (Phi) is 5.29. The van der Waals surface area contributed by atoms with Gasteiger partial charge in [0.25, 0.3) is 5.91 Å². The van der Waals surface area contributed by atoms with Gasteiger partial charge in [-0.3, -0.25) is 4.79 Å². The molecule has 1 saturated heterocycles. The first-order valence-corrected chi connectivity index (χ1v) is 11.0. The van der Waals surface area contributed by atoms with Gasteiger partial charge < -0.3 is 14.5 Å². The van der Waals surface area contributed by atoms with Crippen LogP contribution in [0.5, 0.6) is 5.75 Å². The standard InChI is InChI=1S/C21H22N2O5S/c1-2-27-18-10-9-16(14-20(18)29(25,26)23-11-5-6-12-23)22-21(24)19-13-15-7-3-4-8-17(15)28-19/h3-4,7-10,13-14H,2,5-6,11-12H2,1H3,(H,22,24). The van der Waals surface area contributed by atoms with Crippen molar-refractivity contribution in [3.63, 3.8) is 0 Å². The predicted octanol–water partition coefficient (Wildman–Crippen LogP) is 3.87. The highest BCUT2D eigenvalue weighted by atomic mass is 32.2. The smallest absolute Gasteiger partial charge is 0.291 e. The van der Waals surface area contributed by atoms with Gasteiger partial charge in [-0.2, -0.15) is 4.31 Å². The molecule has 4 rings (SSSR count). The Morgan fingerprint density at radius 2 is 1.90 bits per heavy atom. The molecule has 1 aromatic heterocycles. The van der Waals surface area contributed by atoms with E-state index in [1.54, 1.807) is 31.2 Å². The lowest BCUT2D eigenvalue weighted by molar-refractivity contribution is 0.0998. The number of nitrogens with one attached hydrogen (secondary N) is 1. The lowest BCUT2D eigenvalue weighted by Gasteiger charge is -2.19. The molecule has 0 saturated carbocycles. The maximum atomic E-state index is 13.1. The third kappa shape index (κ3) is 3.86. The van der Waals surface area contributed by atoms with E-state index in [0.29, 0.717) is 31.0 Å². The van der Waals surface area contributed by atoms with Crippen molar-refractivity contribution in [1.82, 2.24) is 4.31 Å². The van der Waals surface area contributed by atoms with E-state index in [-0.39, 0.29) is 16.4 Å². The van der Waals surface area contributed by atoms with E-state index in [1.165, 1.54) is 10.4 Å². The number of benzene rings is 2. The summed E-state index contributed by atoms with van der Waals surface area (Å²) >= 11 is 0. The van der Waals surface area contributed by atoms with Crippen LogP contribution in [0.25, 0.3) is 11.0 Å². The molecule has 1 fully saturated rings. The number of hydrogen-bond donors (Lipinski definition) is 1. The molecule has 0 unspecified atom stereocenters. The summed E-state index contributed by atoms with van der Waals surface area (Å²) in [6.07, 6.45) is 1.68. The SMILES string of the molecule is CCOc1ccc(NC(=O)c2cc3ccccc3o2)cc1S(=O)(=O)N1CCCC1. The third-order valence-corrected chi connectivity index (χ3v) is 6.75. The molecule has 29 heavy (non-hydrogen) atoms. The molecule has 8 heteroatoms. The largest absolute Gasteiger partial charge is 0.492 e. The number of rotatable bonds is 6. The Bertz CT molecular complexity index is 1110. The van der Waals surface area contributed by atoms with Gasteiger partial charge >= 0.3 is 0 Å². The van der Waals surface area contributed by atoms with Crippen LogP contribution in [0.2, 0.25) is 0 Å². The number of anilines is 1. The normalized spacial score (nSPS) is 14.9. The summed E-state index contributed by atoms with van der Waals surface area (Å²) < 4.78 is 38.7. The van der Waals surface area contributed by atoms with Crippen LogP contribution in [0.15, 0.2) is 57.8 Å². The van der Waals surface area contributed by atoms with Crippen LogP contribution in [0, 0.1) is 0 Å². The zero-order valence-corrected chi connectivity index (χ0v) is 16.9. The molecule has 1 amide bonds. The Hall–Kier alpha value is -2.84. The highest BCUT2D eigenvalue weighted by Gasteiger charge is 2.30. The second-order valence-electron chi connectivity index (χ2n) is 6.81. The minimum atomic E-state index is -3.70. The molecule has 0 atom stereocenters. The summed E-state index contributed by atoms with van der Waals surface area (Å²) in [5, 5.41) is 3.54. The van der Waals surface area contributed by atoms with Crippen molar-refractivity contribution in [3.8, 4) is 5.75 Å². The second-order valence-corrected chi connectivity index (χ2v) is 8.71. The molecule has 1 N–H and O–H groups in total. The molecule has 1 aliphatic rings. The lowest BCUT2D eigenvalue weighted by Crippen LogP contribution is -2.28. The van der Waals surface area contributed by atoms with E-state index in [4.69, 9.17) is 9.15 Å². The molecule has 0 aliphatic carbocycles. The fourth-order valence-electron chi connectivity index (χ4n) is 3.42. The monoisotopic (exact) mass is 414 g/mol. The quantitative estimate of drug-likeness (QED) is 0.661. The molecule has 1 aliphatic heterocycles. The molecule has 0 radical (unpaired) electrons. The van der Waals surface area contributed by atoms with Gasteiger partial charge in [-0.05, 0) is 50.1 Å². The Morgan fingerprint density at radius 3 is 2.62 bits per heavy atom. The molecule has 0 bridgehead atoms. The maximum Gasteiger partial charge on any atom is 0.291 e. The van der Waals surface area contributed by atoms with Crippen molar-refractivity contribution in [3.05, 3.63) is 54.3 Å². The molecule has 152 valence electrons. The Balaban J connectivity index is 1.64. The van der Waals surface area contributed by atoms with E-state index < -0.39 is 15.9 Å². The number of nitrogens with zero attached hydrogens (tertiary/aromatic N) is 1. The lowest BCUT2D eigenvalue weighted by atomic mass is 10.2. The van der Waals surface area contributed by atoms with Crippen molar-refractivity contribution < 1.29 is 22.4 Å². The number of carbonyl (C=O) groups is 1. The van der Waals surface area contributed by atoms with Gasteiger partial charge in [0.2, 0.25) is 10.0 Å². The maximum absolute atomic E-state index is 13.1. The Morgan fingerprint density at radius 1 is 1.14 bits per heavy atom. The molecule has 3 aromatic rings. The van der Waals surface area contributed by atoms with Crippen LogP contribution in [0.4, 0.5) is 5.69 Å². The summed E-state index contributed by atoms with van der Waals surface area (Å²) in [6.45, 7) is 3.11. The number of furan rings is 1. The summed E-state index contributed by atoms with van der Waals surface area (Å²) in [7, 11) is -3.70. The van der Waals surface area contributed by atoms with E-state index >= 15 is 0 Å². The van der Waals surface area contributed by atoms with Gasteiger partial charge in [0.15, 0.2) is 5.76 Å². The second kappa shape index (κ2) is 7.88. The number of amides is 1. The number of carbonyl (C=O) groups excluding carboxylic acids is 1. The van der Waals surface area contributed by atoms with Gasteiger partial charge in [-0.15, -0.1) is 0 Å². The zero-order valence-electron chi connectivity index (χ0n) is 16.1. The average molecular weight is 414 g/mol. The van der Waals surface area contributed by atoms with Crippen LogP contribution in [0.3, 0.4) is 0 Å². The highest BCUT2D eigenvalue weighted by Crippen LogP contribution is 2.32. The molecular weight excluding hydrogens is 392 g/mol. The van der Waals surface area contributed by atoms with Gasteiger partial charge in [-0.1, -0.05) is 18.2 Å². The van der Waals surface area contributed by atoms with E-state index in [1.807, 2.05) is 18.2 Å². The van der Waals surface area contributed by atoms with Gasteiger partial charge in [0, 0.05) is 24.2 Å². The van der Waals surface area contributed by atoms with E-state index in [9.17, 15) is 13.2 Å². The molecule has 7 nitrogen and oxygen atoms in total. The first-order chi connectivity index (χ1) is 14.0. The minimum absolute atomic E-state index is 0.0589. The van der Waals surface area contributed by atoms with Crippen LogP contribution < -0.4 is 10.1 Å². The summed E-state index contributed by atoms with van der Waals surface area (Å²) in [6, 6.07) is 13.6. The molecule has 0 spiro atoms. The molecule has 2 heterocycles. The number of para-hydroxylation sites is 1. The van der Waals surface area contributed by atoms with Crippen LogP contribution in [-0.2, 0) is 10.0 Å². The van der Waals surface area contributed by atoms with E-state index in [2.05, 4.69) is 5.32 Å². The average Bonchev–Trinajstić information content (AvgIpc) is 3.39. The van der Waals surface area contributed by atoms with Crippen molar-refractivity contribution in [2.45, 2.75) is 24.7 Å². The highest BCUT2D eigenvalue weighted by molar-refractivity contribution is 7.89. The Labute approximate surface area is 169 Å². The third-order valence-electron chi connectivity index (χ3n) is 4.83. The minimum Gasteiger partial charge on any atom is -0.492 e. The summed E-state index contributed by atoms with van der Waals surface area (Å²) in [4.78, 5) is 12.7. The fraction of sp³-hybridized carbons (Fsp3) is 0.286. The van der Waals surface area contributed by atoms with Crippen LogP contribution in [0.1, 0.15) is 30.3 Å². The zero-order chi connectivity index (χ0) is 20.4. The number of fused-ring (bicyclic) bond motifs is 1. The fourth-order valence-corrected chi connectivity index (χ4v) is 5.09. The molecular formula is C21H22N2O5S. The van der Waals surface area contributed by atoms with Crippen molar-refractivity contribution in [2.75, 3.05) is 25.0 Å². The van der Waals surface area contributed by atoms with Gasteiger partial charge in [0.1, 0.15) is 16.2 Å². The summed E-state index contributed by atoms with van der Waals surface area (Å²) in [5.74, 6) is -0.0138. The van der Waals surface area contributed by atoms with E-state index in [0.717, 1.165) is 18.2 Å². The van der Waals surface area contributed by atoms with Gasteiger partial charge in [-0.25, -0.2) is 8.42 Å². The van der Waals surface area contributed by atoms with Crippen LogP contribution in [-0.4, -0.2) is 38.3 Å². The van der Waals surface area contributed by atoms with Crippen molar-refractivity contribution in [2.24, 2.45) is 0 Å².